The van der Waals surface area contributed by atoms with Crippen LogP contribution in [0.3, 0.4) is 0 Å². The molecular weight excluding hydrogens is 583 g/mol. The smallest absolute Gasteiger partial charge is 0.255 e. The first-order chi connectivity index (χ1) is 21.4. The molecule has 0 aliphatic heterocycles. The summed E-state index contributed by atoms with van der Waals surface area (Å²) in [7, 11) is 1.51. The Morgan fingerprint density at radius 1 is 1.02 bits per heavy atom. The van der Waals surface area contributed by atoms with Crippen LogP contribution in [0.25, 0.3) is 11.1 Å². The van der Waals surface area contributed by atoms with Crippen molar-refractivity contribution in [1.29, 1.82) is 0 Å². The molecule has 1 amide bonds. The van der Waals surface area contributed by atoms with Gasteiger partial charge in [0.25, 0.3) is 5.91 Å². The Morgan fingerprint density at radius 2 is 1.76 bits per heavy atom. The van der Waals surface area contributed by atoms with E-state index in [9.17, 15) is 39.2 Å². The number of ether oxygens (including phenoxy) is 1. The molecule has 0 saturated carbocycles. The lowest BCUT2D eigenvalue weighted by Crippen LogP contribution is -2.57. The monoisotopic (exact) mass is 614 g/mol. The Bertz CT molecular complexity index is 1850. The van der Waals surface area contributed by atoms with Gasteiger partial charge in [0.2, 0.25) is 5.78 Å². The Morgan fingerprint density at radius 3 is 2.44 bits per heavy atom. The van der Waals surface area contributed by atoms with Crippen molar-refractivity contribution in [2.24, 2.45) is 17.6 Å². The molecule has 3 aromatic carbocycles. The van der Waals surface area contributed by atoms with Crippen LogP contribution in [0, 0.1) is 17.7 Å². The van der Waals surface area contributed by atoms with Crippen LogP contribution in [0.1, 0.15) is 39.9 Å². The second kappa shape index (κ2) is 11.2. The number of aliphatic hydroxyl groups excluding tert-OH is 2. The van der Waals surface area contributed by atoms with Crippen molar-refractivity contribution in [3.63, 3.8) is 0 Å². The van der Waals surface area contributed by atoms with Crippen LogP contribution in [0.4, 0.5) is 4.39 Å². The molecule has 0 unspecified atom stereocenters. The molecule has 10 nitrogen and oxygen atoms in total. The van der Waals surface area contributed by atoms with Gasteiger partial charge in [-0.15, -0.1) is 0 Å². The van der Waals surface area contributed by atoms with Crippen molar-refractivity contribution in [3.05, 3.63) is 105 Å². The second-order valence-electron chi connectivity index (χ2n) is 11.7. The predicted molar refractivity (Wildman–Crippen MR) is 160 cm³/mol. The van der Waals surface area contributed by atoms with Crippen LogP contribution in [0.15, 0.2) is 77.3 Å². The minimum Gasteiger partial charge on any atom is -0.511 e. The van der Waals surface area contributed by atoms with Gasteiger partial charge in [-0.25, -0.2) is 4.39 Å². The summed E-state index contributed by atoms with van der Waals surface area (Å²) in [4.78, 5) is 39.0. The van der Waals surface area contributed by atoms with Crippen molar-refractivity contribution in [2.75, 3.05) is 7.11 Å². The van der Waals surface area contributed by atoms with Crippen molar-refractivity contribution in [2.45, 2.75) is 38.0 Å². The number of aromatic hydroxyl groups is 1. The third kappa shape index (κ3) is 4.84. The number of phenols is 1. The first kappa shape index (κ1) is 30.0. The van der Waals surface area contributed by atoms with Gasteiger partial charge in [-0.1, -0.05) is 24.3 Å². The molecule has 3 aromatic rings. The molecule has 0 saturated heterocycles. The van der Waals surface area contributed by atoms with E-state index < -0.39 is 52.0 Å². The van der Waals surface area contributed by atoms with E-state index in [0.717, 1.165) is 11.1 Å². The molecule has 3 aliphatic rings. The highest BCUT2D eigenvalue weighted by molar-refractivity contribution is 6.24. The van der Waals surface area contributed by atoms with Crippen LogP contribution in [-0.2, 0) is 29.1 Å². The number of benzene rings is 3. The summed E-state index contributed by atoms with van der Waals surface area (Å²) in [5.74, 6) is -6.61. The number of carbonyl (C=O) groups excluding carboxylic acids is 3. The number of Topliss-reactive ketones (excluding diaryl/α,β-unsaturated/α-hetero) is 2. The van der Waals surface area contributed by atoms with E-state index in [1.807, 2.05) is 18.2 Å². The van der Waals surface area contributed by atoms with Gasteiger partial charge in [-0.2, -0.15) is 0 Å². The first-order valence-electron chi connectivity index (χ1n) is 14.4. The number of aliphatic hydroxyl groups is 3. The minimum absolute atomic E-state index is 0.0270. The van der Waals surface area contributed by atoms with Gasteiger partial charge in [0.1, 0.15) is 34.4 Å². The Labute approximate surface area is 257 Å². The van der Waals surface area contributed by atoms with Crippen molar-refractivity contribution < 1.29 is 43.9 Å². The molecule has 0 aromatic heterocycles. The first-order valence-corrected chi connectivity index (χ1v) is 14.4. The van der Waals surface area contributed by atoms with Crippen molar-refractivity contribution in [3.8, 4) is 22.6 Å². The lowest BCUT2D eigenvalue weighted by molar-refractivity contribution is -0.144. The number of amides is 1. The van der Waals surface area contributed by atoms with E-state index in [1.165, 1.54) is 25.3 Å². The predicted octanol–water partition coefficient (Wildman–Crippen LogP) is 3.69. The zero-order chi connectivity index (χ0) is 32.2. The maximum atomic E-state index is 14.0. The quantitative estimate of drug-likeness (QED) is 0.217. The molecule has 7 N–H and O–H groups in total. The highest BCUT2D eigenvalue weighted by atomic mass is 19.1. The number of ketones is 2. The molecular formula is C34H31FN2O8. The Balaban J connectivity index is 1.38. The molecule has 0 heterocycles. The molecule has 6 rings (SSSR count). The fourth-order valence-electron chi connectivity index (χ4n) is 6.95. The van der Waals surface area contributed by atoms with E-state index in [1.54, 1.807) is 18.2 Å². The number of primary amides is 1. The number of methoxy groups -OCH3 is 1. The lowest BCUT2D eigenvalue weighted by Gasteiger charge is -2.45. The highest BCUT2D eigenvalue weighted by Crippen LogP contribution is 2.52. The Hall–Kier alpha value is -5.00. The van der Waals surface area contributed by atoms with Gasteiger partial charge < -0.3 is 36.2 Å². The molecule has 0 fully saturated rings. The summed E-state index contributed by atoms with van der Waals surface area (Å²) in [6, 6.07) is 14.9. The second-order valence-corrected chi connectivity index (χ2v) is 11.7. The fourth-order valence-corrected chi connectivity index (χ4v) is 6.95. The van der Waals surface area contributed by atoms with Crippen molar-refractivity contribution in [1.82, 2.24) is 5.32 Å². The number of allylic oxidation sites excluding steroid dienone is 2. The summed E-state index contributed by atoms with van der Waals surface area (Å²) in [5.41, 5.74) is 4.93. The summed E-state index contributed by atoms with van der Waals surface area (Å²) < 4.78 is 19.2. The van der Waals surface area contributed by atoms with E-state index in [4.69, 9.17) is 10.5 Å². The van der Waals surface area contributed by atoms with Crippen LogP contribution in [0.5, 0.6) is 11.5 Å². The van der Waals surface area contributed by atoms with Gasteiger partial charge in [0, 0.05) is 36.6 Å². The number of halogens is 1. The van der Waals surface area contributed by atoms with Gasteiger partial charge in [0.15, 0.2) is 11.4 Å². The van der Waals surface area contributed by atoms with E-state index in [2.05, 4.69) is 5.32 Å². The minimum atomic E-state index is -2.63. The van der Waals surface area contributed by atoms with Gasteiger partial charge in [0.05, 0.1) is 12.7 Å². The largest absolute Gasteiger partial charge is 0.511 e. The number of hydrogen-bond donors (Lipinski definition) is 6. The van der Waals surface area contributed by atoms with E-state index in [0.29, 0.717) is 35.5 Å². The zero-order valence-corrected chi connectivity index (χ0v) is 24.3. The molecule has 0 spiro atoms. The SMILES string of the molecule is COc1ccc(CNCc2cccc(F)c2)cc1-c1ccc(O)c2c1C[C@H]1C[C@H]3CC(O)=C(C(N)=O)C(=O)[C@@]3(O)C(O)=C1C2=O. The maximum absolute atomic E-state index is 14.0. The van der Waals surface area contributed by atoms with Crippen LogP contribution in [0.2, 0.25) is 0 Å². The maximum Gasteiger partial charge on any atom is 0.255 e. The number of phenolic OH excluding ortho intramolecular Hbond substituents is 1. The van der Waals surface area contributed by atoms with E-state index >= 15 is 0 Å². The molecule has 45 heavy (non-hydrogen) atoms. The summed E-state index contributed by atoms with van der Waals surface area (Å²) in [6.07, 6.45) is -0.122. The number of nitrogens with one attached hydrogen (secondary N) is 1. The normalized spacial score (nSPS) is 22.6. The number of nitrogens with two attached hydrogens (primary N) is 1. The topological polar surface area (TPSA) is 179 Å². The summed E-state index contributed by atoms with van der Waals surface area (Å²) in [6.45, 7) is 0.874. The van der Waals surface area contributed by atoms with Gasteiger partial charge in [-0.3, -0.25) is 14.4 Å². The number of fused-ring (bicyclic) bond motifs is 3. The summed E-state index contributed by atoms with van der Waals surface area (Å²) in [5, 5.41) is 47.3. The molecule has 232 valence electrons. The average Bonchev–Trinajstić information content (AvgIpc) is 2.99. The molecule has 0 radical (unpaired) electrons. The van der Waals surface area contributed by atoms with Crippen LogP contribution in [-0.4, -0.2) is 50.6 Å². The Kier molecular flexibility index (Phi) is 7.46. The third-order valence-corrected chi connectivity index (χ3v) is 9.05. The average molecular weight is 615 g/mol. The molecule has 11 heteroatoms. The highest BCUT2D eigenvalue weighted by Gasteiger charge is 2.59. The number of carbonyl (C=O) groups is 3. The molecule has 0 bridgehead atoms. The molecule has 3 aliphatic carbocycles. The zero-order valence-electron chi connectivity index (χ0n) is 24.3. The van der Waals surface area contributed by atoms with Gasteiger partial charge >= 0.3 is 0 Å². The van der Waals surface area contributed by atoms with Crippen LogP contribution >= 0.6 is 0 Å². The van der Waals surface area contributed by atoms with Gasteiger partial charge in [-0.05, 0) is 71.3 Å². The summed E-state index contributed by atoms with van der Waals surface area (Å²) >= 11 is 0. The number of rotatable bonds is 7. The van der Waals surface area contributed by atoms with Crippen molar-refractivity contribution >= 4 is 17.5 Å². The third-order valence-electron chi connectivity index (χ3n) is 9.05. The standard InChI is InChI=1S/C34H31FN2O8/c1-45-26-8-5-17(15-37-14-16-3-2-4-20(35)9-16)10-22(26)21-6-7-24(38)28-23(21)12-18-11-19-13-25(39)29(33(36)43)32(42)34(19,44)31(41)27(18)30(28)40/h2-10,18-19,37-39,41,44H,11-15H2,1H3,(H2,36,43)/t18-,19+,34+/m1/s1. The fraction of sp³-hybridized carbons (Fsp3) is 0.265. The molecule has 3 atom stereocenters. The number of hydrogen-bond acceptors (Lipinski definition) is 9. The van der Waals surface area contributed by atoms with E-state index in [-0.39, 0.29) is 42.0 Å². The van der Waals surface area contributed by atoms with Crippen LogP contribution < -0.4 is 15.8 Å². The lowest BCUT2D eigenvalue weighted by atomic mass is 9.60.